The topological polar surface area (TPSA) is 75.4 Å². The quantitative estimate of drug-likeness (QED) is 0.498. The third-order valence-corrected chi connectivity index (χ3v) is 5.46. The molecule has 0 atom stereocenters. The molecule has 0 aliphatic carbocycles. The Bertz CT molecular complexity index is 1180. The van der Waals surface area contributed by atoms with Crippen molar-refractivity contribution >= 4 is 11.9 Å². The smallest absolute Gasteiger partial charge is 0.325 e. The Hall–Kier alpha value is -4.19. The lowest BCUT2D eigenvalue weighted by molar-refractivity contribution is -0.130. The predicted molar refractivity (Wildman–Crippen MR) is 115 cm³/mol. The molecule has 2 heterocycles. The van der Waals surface area contributed by atoms with E-state index in [9.17, 15) is 9.59 Å². The number of nitrogens with one attached hydrogen (secondary N) is 1. The molecular formula is C25H19N3O3. The van der Waals surface area contributed by atoms with E-state index in [4.69, 9.17) is 4.52 Å². The molecule has 0 spiro atoms. The maximum absolute atomic E-state index is 13.7. The lowest BCUT2D eigenvalue weighted by Gasteiger charge is -2.27. The Labute approximate surface area is 179 Å². The summed E-state index contributed by atoms with van der Waals surface area (Å²) in [5.41, 5.74) is 1.66. The Morgan fingerprint density at radius 1 is 0.806 bits per heavy atom. The highest BCUT2D eigenvalue weighted by Gasteiger charge is 2.53. The second-order valence-corrected chi connectivity index (χ2v) is 7.35. The second kappa shape index (κ2) is 7.57. The van der Waals surface area contributed by atoms with Gasteiger partial charge in [0.25, 0.3) is 5.91 Å². The molecule has 1 N–H and O–H groups in total. The largest absolute Gasteiger partial charge is 0.359 e. The summed E-state index contributed by atoms with van der Waals surface area (Å²) < 4.78 is 5.43. The van der Waals surface area contributed by atoms with E-state index in [1.54, 1.807) is 6.07 Å². The highest BCUT2D eigenvalue weighted by atomic mass is 16.5. The molecule has 1 saturated heterocycles. The first-order valence-electron chi connectivity index (χ1n) is 9.94. The molecule has 6 nitrogen and oxygen atoms in total. The Kier molecular flexibility index (Phi) is 4.59. The number of imide groups is 1. The minimum absolute atomic E-state index is 0.00802. The number of rotatable bonds is 5. The van der Waals surface area contributed by atoms with Crippen molar-refractivity contribution in [2.75, 3.05) is 0 Å². The fourth-order valence-corrected chi connectivity index (χ4v) is 3.94. The van der Waals surface area contributed by atoms with Crippen LogP contribution in [-0.2, 0) is 16.9 Å². The van der Waals surface area contributed by atoms with Gasteiger partial charge in [-0.3, -0.25) is 9.69 Å². The number of benzene rings is 3. The van der Waals surface area contributed by atoms with Crippen molar-refractivity contribution in [1.29, 1.82) is 0 Å². The van der Waals surface area contributed by atoms with Gasteiger partial charge in [0.05, 0.1) is 6.54 Å². The van der Waals surface area contributed by atoms with E-state index in [1.807, 2.05) is 91.0 Å². The average molecular weight is 409 g/mol. The van der Waals surface area contributed by atoms with Crippen LogP contribution in [0.4, 0.5) is 4.79 Å². The number of amides is 3. The number of urea groups is 1. The summed E-state index contributed by atoms with van der Waals surface area (Å²) in [6, 6.07) is 29.4. The van der Waals surface area contributed by atoms with Crippen LogP contribution in [0.25, 0.3) is 11.3 Å². The van der Waals surface area contributed by atoms with Crippen molar-refractivity contribution in [3.63, 3.8) is 0 Å². The van der Waals surface area contributed by atoms with Crippen LogP contribution in [0.15, 0.2) is 102 Å². The van der Waals surface area contributed by atoms with Crippen molar-refractivity contribution in [2.45, 2.75) is 12.1 Å². The van der Waals surface area contributed by atoms with E-state index >= 15 is 0 Å². The van der Waals surface area contributed by atoms with Crippen molar-refractivity contribution < 1.29 is 14.1 Å². The zero-order valence-corrected chi connectivity index (χ0v) is 16.6. The number of hydrogen-bond donors (Lipinski definition) is 1. The van der Waals surface area contributed by atoms with Crippen LogP contribution in [0, 0.1) is 0 Å². The molecule has 0 unspecified atom stereocenters. The first-order chi connectivity index (χ1) is 15.2. The molecule has 1 fully saturated rings. The van der Waals surface area contributed by atoms with Gasteiger partial charge < -0.3 is 9.84 Å². The molecular weight excluding hydrogens is 390 g/mol. The Morgan fingerprint density at radius 2 is 1.35 bits per heavy atom. The maximum Gasteiger partial charge on any atom is 0.325 e. The van der Waals surface area contributed by atoms with Gasteiger partial charge in [-0.2, -0.15) is 0 Å². The zero-order valence-electron chi connectivity index (χ0n) is 16.6. The van der Waals surface area contributed by atoms with E-state index < -0.39 is 11.6 Å². The van der Waals surface area contributed by atoms with E-state index in [2.05, 4.69) is 10.5 Å². The molecule has 4 aromatic rings. The lowest BCUT2D eigenvalue weighted by atomic mass is 9.82. The van der Waals surface area contributed by atoms with Gasteiger partial charge in [0.15, 0.2) is 11.3 Å². The number of carbonyl (C=O) groups excluding carboxylic acids is 2. The van der Waals surface area contributed by atoms with Crippen molar-refractivity contribution in [1.82, 2.24) is 15.4 Å². The molecule has 0 saturated carbocycles. The number of carbonyl (C=O) groups is 2. The van der Waals surface area contributed by atoms with Gasteiger partial charge in [0.2, 0.25) is 0 Å². The van der Waals surface area contributed by atoms with Crippen LogP contribution in [0.5, 0.6) is 0 Å². The van der Waals surface area contributed by atoms with Crippen LogP contribution < -0.4 is 5.32 Å². The molecule has 1 aliphatic heterocycles. The zero-order chi connectivity index (χ0) is 21.3. The number of hydrogen-bond acceptors (Lipinski definition) is 4. The maximum atomic E-state index is 13.7. The summed E-state index contributed by atoms with van der Waals surface area (Å²) in [5.74, 6) is 0.0758. The number of aromatic nitrogens is 1. The third-order valence-electron chi connectivity index (χ3n) is 5.46. The summed E-state index contributed by atoms with van der Waals surface area (Å²) in [7, 11) is 0. The van der Waals surface area contributed by atoms with E-state index in [1.165, 1.54) is 4.90 Å². The predicted octanol–water partition coefficient (Wildman–Crippen LogP) is 4.34. The molecule has 1 aromatic heterocycles. The summed E-state index contributed by atoms with van der Waals surface area (Å²) in [5, 5.41) is 7.02. The van der Waals surface area contributed by atoms with Crippen molar-refractivity contribution in [2.24, 2.45) is 0 Å². The second-order valence-electron chi connectivity index (χ2n) is 7.35. The van der Waals surface area contributed by atoms with Gasteiger partial charge in [0.1, 0.15) is 5.69 Å². The van der Waals surface area contributed by atoms with Crippen molar-refractivity contribution in [3.8, 4) is 11.3 Å². The molecule has 0 radical (unpaired) electrons. The molecule has 3 aromatic carbocycles. The Balaban J connectivity index is 1.50. The van der Waals surface area contributed by atoms with E-state index in [-0.39, 0.29) is 12.5 Å². The van der Waals surface area contributed by atoms with Gasteiger partial charge in [-0.25, -0.2) is 4.79 Å². The lowest BCUT2D eigenvalue weighted by Crippen LogP contribution is -2.45. The molecule has 1 aliphatic rings. The number of nitrogens with zero attached hydrogens (tertiary/aromatic N) is 2. The van der Waals surface area contributed by atoms with Crippen LogP contribution in [0.1, 0.15) is 16.9 Å². The highest BCUT2D eigenvalue weighted by molar-refractivity contribution is 6.09. The molecule has 0 bridgehead atoms. The average Bonchev–Trinajstić information content (AvgIpc) is 3.40. The summed E-state index contributed by atoms with van der Waals surface area (Å²) in [6.45, 7) is -0.00802. The first kappa shape index (κ1) is 18.8. The minimum atomic E-state index is -1.29. The Morgan fingerprint density at radius 3 is 1.94 bits per heavy atom. The van der Waals surface area contributed by atoms with Gasteiger partial charge >= 0.3 is 6.03 Å². The molecule has 3 amide bonds. The molecule has 152 valence electrons. The summed E-state index contributed by atoms with van der Waals surface area (Å²) in [4.78, 5) is 27.8. The van der Waals surface area contributed by atoms with Crippen LogP contribution in [0.2, 0.25) is 0 Å². The SMILES string of the molecule is O=C1NC(c2ccccc2)(c2ccccc2)C(=O)N1Cc1cc(-c2ccccc2)no1. The first-order valence-corrected chi connectivity index (χ1v) is 9.94. The van der Waals surface area contributed by atoms with Gasteiger partial charge in [-0.1, -0.05) is 96.2 Å². The van der Waals surface area contributed by atoms with Crippen molar-refractivity contribution in [3.05, 3.63) is 114 Å². The minimum Gasteiger partial charge on any atom is -0.359 e. The molecule has 6 heteroatoms. The standard InChI is InChI=1S/C25H19N3O3/c29-23-25(19-12-6-2-7-13-19,20-14-8-3-9-15-20)26-24(30)28(23)17-21-16-22(27-31-21)18-10-4-1-5-11-18/h1-16H,17H2,(H,26,30). The summed E-state index contributed by atoms with van der Waals surface area (Å²) in [6.07, 6.45) is 0. The monoisotopic (exact) mass is 409 g/mol. The fraction of sp³-hybridized carbons (Fsp3) is 0.0800. The van der Waals surface area contributed by atoms with Crippen LogP contribution in [-0.4, -0.2) is 22.0 Å². The van der Waals surface area contributed by atoms with Crippen LogP contribution in [0.3, 0.4) is 0 Å². The van der Waals surface area contributed by atoms with Gasteiger partial charge in [-0.15, -0.1) is 0 Å². The van der Waals surface area contributed by atoms with E-state index in [0.717, 1.165) is 5.56 Å². The fourth-order valence-electron chi connectivity index (χ4n) is 3.94. The van der Waals surface area contributed by atoms with Crippen LogP contribution >= 0.6 is 0 Å². The third kappa shape index (κ3) is 3.18. The molecule has 5 rings (SSSR count). The molecule has 31 heavy (non-hydrogen) atoms. The van der Waals surface area contributed by atoms with Gasteiger partial charge in [-0.05, 0) is 11.1 Å². The van der Waals surface area contributed by atoms with Gasteiger partial charge in [0, 0.05) is 11.6 Å². The normalized spacial score (nSPS) is 15.2. The summed E-state index contributed by atoms with van der Waals surface area (Å²) >= 11 is 0. The highest BCUT2D eigenvalue weighted by Crippen LogP contribution is 2.36. The van der Waals surface area contributed by atoms with E-state index in [0.29, 0.717) is 22.6 Å².